The molecule has 0 saturated carbocycles. The molecule has 1 atom stereocenters. The molecule has 0 radical (unpaired) electrons. The number of hydrogen-bond donors (Lipinski definition) is 4. The number of nitrogens with one attached hydrogen (secondary N) is 1. The van der Waals surface area contributed by atoms with Crippen molar-refractivity contribution in [2.45, 2.75) is 31.3 Å². The van der Waals surface area contributed by atoms with Crippen LogP contribution in [0.3, 0.4) is 0 Å². The van der Waals surface area contributed by atoms with Crippen LogP contribution in [0, 0.1) is 0 Å². The Morgan fingerprint density at radius 3 is 2.27 bits per heavy atom. The van der Waals surface area contributed by atoms with Crippen LogP contribution in [0.1, 0.15) is 19.8 Å². The molecule has 1 fully saturated rings. The van der Waals surface area contributed by atoms with Gasteiger partial charge in [0.2, 0.25) is 5.91 Å². The van der Waals surface area contributed by atoms with Crippen LogP contribution in [0.15, 0.2) is 0 Å². The van der Waals surface area contributed by atoms with Crippen LogP contribution in [0.4, 0.5) is 0 Å². The Balaban J connectivity index is 2.82. The van der Waals surface area contributed by atoms with E-state index < -0.39 is 17.4 Å². The summed E-state index contributed by atoms with van der Waals surface area (Å²) in [4.78, 5) is 10.9. The Labute approximate surface area is 63.7 Å². The summed E-state index contributed by atoms with van der Waals surface area (Å²) in [6.45, 7) is 1.60. The summed E-state index contributed by atoms with van der Waals surface area (Å²) >= 11 is 0. The lowest BCUT2D eigenvalue weighted by Crippen LogP contribution is -2.41. The number of carbonyl (C=O) groups is 1. The molecule has 64 valence electrons. The average Bonchev–Trinajstić information content (AvgIpc) is 2.03. The Morgan fingerprint density at radius 1 is 1.55 bits per heavy atom. The normalized spacial score (nSPS) is 35.5. The van der Waals surface area contributed by atoms with Crippen LogP contribution in [-0.4, -0.2) is 32.7 Å². The maximum atomic E-state index is 10.9. The average molecular weight is 161 g/mol. The number of hydrogen-bond acceptors (Lipinski definition) is 4. The van der Waals surface area contributed by atoms with E-state index in [9.17, 15) is 9.90 Å². The Bertz CT molecular complexity index is 191. The molecule has 1 amide bonds. The molecule has 1 saturated heterocycles. The maximum Gasteiger partial charge on any atom is 0.256 e. The van der Waals surface area contributed by atoms with Gasteiger partial charge in [0.1, 0.15) is 5.60 Å². The molecule has 5 heteroatoms. The second-order valence-corrected chi connectivity index (χ2v) is 2.83. The van der Waals surface area contributed by atoms with Gasteiger partial charge in [0.15, 0.2) is 0 Å². The van der Waals surface area contributed by atoms with Crippen molar-refractivity contribution in [1.29, 1.82) is 0 Å². The van der Waals surface area contributed by atoms with E-state index in [-0.39, 0.29) is 12.8 Å². The van der Waals surface area contributed by atoms with Crippen molar-refractivity contribution in [3.63, 3.8) is 0 Å². The minimum atomic E-state index is -2.25. The lowest BCUT2D eigenvalue weighted by atomic mass is 9.98. The minimum Gasteiger partial charge on any atom is -0.380 e. The molecule has 0 aromatic carbocycles. The van der Waals surface area contributed by atoms with Crippen LogP contribution < -0.4 is 5.32 Å². The van der Waals surface area contributed by atoms with Gasteiger partial charge in [-0.15, -0.1) is 0 Å². The summed E-state index contributed by atoms with van der Waals surface area (Å²) < 4.78 is 0. The highest BCUT2D eigenvalue weighted by molar-refractivity contribution is 5.87. The molecular weight excluding hydrogens is 150 g/mol. The van der Waals surface area contributed by atoms with Crippen molar-refractivity contribution in [2.75, 3.05) is 0 Å². The monoisotopic (exact) mass is 161 g/mol. The van der Waals surface area contributed by atoms with Gasteiger partial charge in [-0.1, -0.05) is 6.92 Å². The van der Waals surface area contributed by atoms with Gasteiger partial charge in [-0.05, 0) is 6.42 Å². The van der Waals surface area contributed by atoms with E-state index in [0.29, 0.717) is 0 Å². The topological polar surface area (TPSA) is 89.8 Å². The molecule has 11 heavy (non-hydrogen) atoms. The van der Waals surface area contributed by atoms with Crippen LogP contribution >= 0.6 is 0 Å². The molecule has 4 N–H and O–H groups in total. The van der Waals surface area contributed by atoms with E-state index >= 15 is 0 Å². The molecule has 1 aliphatic rings. The van der Waals surface area contributed by atoms with Gasteiger partial charge >= 0.3 is 0 Å². The summed E-state index contributed by atoms with van der Waals surface area (Å²) in [7, 11) is 0. The minimum absolute atomic E-state index is 0.168. The summed E-state index contributed by atoms with van der Waals surface area (Å²) in [5, 5.41) is 29.0. The van der Waals surface area contributed by atoms with E-state index in [2.05, 4.69) is 0 Å². The first-order valence-corrected chi connectivity index (χ1v) is 3.39. The van der Waals surface area contributed by atoms with Crippen molar-refractivity contribution >= 4 is 5.91 Å². The summed E-state index contributed by atoms with van der Waals surface area (Å²) in [5.74, 6) is -2.98. The molecule has 0 spiro atoms. The van der Waals surface area contributed by atoms with Crippen molar-refractivity contribution < 1.29 is 20.1 Å². The summed E-state index contributed by atoms with van der Waals surface area (Å²) in [6, 6.07) is 0. The molecule has 0 aliphatic carbocycles. The highest BCUT2D eigenvalue weighted by atomic mass is 16.5. The lowest BCUT2D eigenvalue weighted by molar-refractivity contribution is -0.181. The number of rotatable bonds is 1. The molecule has 1 unspecified atom stereocenters. The number of carbonyl (C=O) groups excluding carboxylic acids is 1. The molecule has 5 nitrogen and oxygen atoms in total. The maximum absolute atomic E-state index is 10.9. The molecule has 1 aliphatic heterocycles. The Morgan fingerprint density at radius 2 is 2.09 bits per heavy atom. The van der Waals surface area contributed by atoms with E-state index in [0.717, 1.165) is 0 Å². The quantitative estimate of drug-likeness (QED) is 0.344. The third kappa shape index (κ3) is 1.35. The standard InChI is InChI=1S/C6H11NO4/c1-2-5(9)3-6(10,11)7-4(5)8/h9-11H,2-3H2,1H3,(H,7,8). The van der Waals surface area contributed by atoms with Gasteiger partial charge in [-0.3, -0.25) is 4.79 Å². The third-order valence-electron chi connectivity index (χ3n) is 1.86. The molecule has 0 aromatic heterocycles. The van der Waals surface area contributed by atoms with E-state index in [1.54, 1.807) is 6.92 Å². The van der Waals surface area contributed by atoms with Crippen molar-refractivity contribution in [2.24, 2.45) is 0 Å². The fourth-order valence-electron chi connectivity index (χ4n) is 1.12. The first-order valence-electron chi connectivity index (χ1n) is 3.39. The highest BCUT2D eigenvalue weighted by Crippen LogP contribution is 2.27. The fraction of sp³-hybridized carbons (Fsp3) is 0.833. The van der Waals surface area contributed by atoms with Crippen LogP contribution in [0.5, 0.6) is 0 Å². The van der Waals surface area contributed by atoms with Crippen LogP contribution in [0.25, 0.3) is 0 Å². The lowest BCUT2D eigenvalue weighted by Gasteiger charge is -2.16. The zero-order valence-corrected chi connectivity index (χ0v) is 6.16. The van der Waals surface area contributed by atoms with E-state index in [1.807, 2.05) is 5.32 Å². The van der Waals surface area contributed by atoms with Crippen LogP contribution in [-0.2, 0) is 4.79 Å². The highest BCUT2D eigenvalue weighted by Gasteiger charge is 2.51. The zero-order valence-electron chi connectivity index (χ0n) is 6.16. The van der Waals surface area contributed by atoms with Gasteiger partial charge in [-0.25, -0.2) is 0 Å². The molecule has 1 rings (SSSR count). The largest absolute Gasteiger partial charge is 0.380 e. The first-order chi connectivity index (χ1) is 4.90. The molecule has 0 bridgehead atoms. The van der Waals surface area contributed by atoms with Crippen molar-refractivity contribution in [3.8, 4) is 0 Å². The predicted octanol–water partition coefficient (Wildman–Crippen LogP) is -1.71. The smallest absolute Gasteiger partial charge is 0.256 e. The SMILES string of the molecule is CCC1(O)CC(O)(O)NC1=O. The second kappa shape index (κ2) is 2.17. The Kier molecular flexibility index (Phi) is 1.66. The van der Waals surface area contributed by atoms with Crippen molar-refractivity contribution in [3.05, 3.63) is 0 Å². The van der Waals surface area contributed by atoms with E-state index in [4.69, 9.17) is 10.2 Å². The third-order valence-corrected chi connectivity index (χ3v) is 1.86. The second-order valence-electron chi connectivity index (χ2n) is 2.83. The summed E-state index contributed by atoms with van der Waals surface area (Å²) in [6.07, 6.45) is -0.211. The Hall–Kier alpha value is -0.650. The fourth-order valence-corrected chi connectivity index (χ4v) is 1.12. The van der Waals surface area contributed by atoms with Gasteiger partial charge < -0.3 is 20.6 Å². The number of aliphatic hydroxyl groups is 3. The van der Waals surface area contributed by atoms with Gasteiger partial charge in [-0.2, -0.15) is 0 Å². The van der Waals surface area contributed by atoms with Gasteiger partial charge in [0.05, 0.1) is 6.42 Å². The summed E-state index contributed by atoms with van der Waals surface area (Å²) in [5.41, 5.74) is -1.62. The first kappa shape index (κ1) is 8.45. The molecular formula is C6H11NO4. The van der Waals surface area contributed by atoms with E-state index in [1.165, 1.54) is 0 Å². The van der Waals surface area contributed by atoms with Gasteiger partial charge in [0, 0.05) is 0 Å². The molecule has 1 heterocycles. The predicted molar refractivity (Wildman–Crippen MR) is 35.2 cm³/mol. The van der Waals surface area contributed by atoms with Crippen molar-refractivity contribution in [1.82, 2.24) is 5.32 Å². The number of amides is 1. The molecule has 0 aromatic rings. The zero-order chi connectivity index (χ0) is 8.70. The van der Waals surface area contributed by atoms with Gasteiger partial charge in [0.25, 0.3) is 5.91 Å². The van der Waals surface area contributed by atoms with Crippen LogP contribution in [0.2, 0.25) is 0 Å².